The van der Waals surface area contributed by atoms with Crippen molar-refractivity contribution < 1.29 is 9.13 Å². The van der Waals surface area contributed by atoms with Crippen LogP contribution in [0.15, 0.2) is 47.6 Å². The van der Waals surface area contributed by atoms with E-state index in [1.165, 1.54) is 12.1 Å². The van der Waals surface area contributed by atoms with Crippen LogP contribution in [0.2, 0.25) is 0 Å². The minimum atomic E-state index is -0.339. The summed E-state index contributed by atoms with van der Waals surface area (Å²) in [5.74, 6) is 1.26. The molecule has 5 nitrogen and oxygen atoms in total. The number of nitrogens with one attached hydrogen (secondary N) is 2. The van der Waals surface area contributed by atoms with E-state index in [4.69, 9.17) is 4.74 Å². The number of aromatic nitrogens is 1. The lowest BCUT2D eigenvalue weighted by Crippen LogP contribution is -2.41. The van der Waals surface area contributed by atoms with E-state index in [1.54, 1.807) is 31.4 Å². The van der Waals surface area contributed by atoms with Gasteiger partial charge in [0, 0.05) is 38.0 Å². The van der Waals surface area contributed by atoms with Gasteiger partial charge in [-0.1, -0.05) is 19.1 Å². The van der Waals surface area contributed by atoms with Gasteiger partial charge in [0.25, 0.3) is 0 Å². The van der Waals surface area contributed by atoms with Gasteiger partial charge in [0.2, 0.25) is 5.88 Å². The highest BCUT2D eigenvalue weighted by atomic mass is 19.1. The molecule has 0 fully saturated rings. The van der Waals surface area contributed by atoms with Crippen molar-refractivity contribution in [1.82, 2.24) is 15.6 Å². The topological polar surface area (TPSA) is 58.5 Å². The highest BCUT2D eigenvalue weighted by Crippen LogP contribution is 2.19. The standard InChI is InChI=1S/C18H23FN4O/c1-4-13(2)23-18(20-3)22-12-14-8-9-17(21-11-14)24-16-7-5-6-15(19)10-16/h5-11,13H,4,12H2,1-3H3,(H2,20,22,23). The highest BCUT2D eigenvalue weighted by Gasteiger charge is 2.04. The van der Waals surface area contributed by atoms with E-state index in [0.717, 1.165) is 17.9 Å². The number of ether oxygens (including phenoxy) is 1. The second-order valence-electron chi connectivity index (χ2n) is 5.44. The molecule has 1 unspecified atom stereocenters. The number of guanidine groups is 1. The van der Waals surface area contributed by atoms with Gasteiger partial charge in [-0.25, -0.2) is 9.37 Å². The Morgan fingerprint density at radius 2 is 2.17 bits per heavy atom. The van der Waals surface area contributed by atoms with Gasteiger partial charge in [0.05, 0.1) is 0 Å². The molecule has 6 heteroatoms. The summed E-state index contributed by atoms with van der Waals surface area (Å²) in [6.45, 7) is 4.82. The third-order valence-electron chi connectivity index (χ3n) is 3.50. The summed E-state index contributed by atoms with van der Waals surface area (Å²) >= 11 is 0. The molecule has 1 aromatic carbocycles. The van der Waals surface area contributed by atoms with Gasteiger partial charge in [-0.2, -0.15) is 0 Å². The lowest BCUT2D eigenvalue weighted by molar-refractivity contribution is 0.457. The van der Waals surface area contributed by atoms with E-state index in [2.05, 4.69) is 34.5 Å². The zero-order valence-electron chi connectivity index (χ0n) is 14.2. The number of aliphatic imine (C=N–C) groups is 1. The van der Waals surface area contributed by atoms with Crippen molar-refractivity contribution in [2.75, 3.05) is 7.05 Å². The summed E-state index contributed by atoms with van der Waals surface area (Å²) in [5.41, 5.74) is 0.994. The zero-order chi connectivity index (χ0) is 17.4. The maximum Gasteiger partial charge on any atom is 0.219 e. The summed E-state index contributed by atoms with van der Waals surface area (Å²) < 4.78 is 18.7. The summed E-state index contributed by atoms with van der Waals surface area (Å²) in [6, 6.07) is 10.00. The van der Waals surface area contributed by atoms with Crippen molar-refractivity contribution in [3.8, 4) is 11.6 Å². The number of halogens is 1. The summed E-state index contributed by atoms with van der Waals surface area (Å²) in [6.07, 6.45) is 2.74. The van der Waals surface area contributed by atoms with Crippen molar-refractivity contribution in [2.24, 2.45) is 4.99 Å². The third kappa shape index (κ3) is 5.53. The van der Waals surface area contributed by atoms with Crippen LogP contribution < -0.4 is 15.4 Å². The maximum absolute atomic E-state index is 13.1. The largest absolute Gasteiger partial charge is 0.439 e. The van der Waals surface area contributed by atoms with Gasteiger partial charge in [0.1, 0.15) is 11.6 Å². The Balaban J connectivity index is 1.90. The van der Waals surface area contributed by atoms with Crippen LogP contribution in [0.4, 0.5) is 4.39 Å². The van der Waals surface area contributed by atoms with E-state index < -0.39 is 0 Å². The first-order valence-electron chi connectivity index (χ1n) is 7.96. The molecule has 2 N–H and O–H groups in total. The van der Waals surface area contributed by atoms with Crippen LogP contribution in [0, 0.1) is 5.82 Å². The Hall–Kier alpha value is -2.63. The molecule has 0 aliphatic carbocycles. The average Bonchev–Trinajstić information content (AvgIpc) is 2.59. The second-order valence-corrected chi connectivity index (χ2v) is 5.44. The third-order valence-corrected chi connectivity index (χ3v) is 3.50. The van der Waals surface area contributed by atoms with E-state index in [9.17, 15) is 4.39 Å². The van der Waals surface area contributed by atoms with Crippen LogP contribution >= 0.6 is 0 Å². The van der Waals surface area contributed by atoms with Crippen LogP contribution in [-0.4, -0.2) is 24.0 Å². The molecule has 2 aromatic rings. The quantitative estimate of drug-likeness (QED) is 0.629. The predicted molar refractivity (Wildman–Crippen MR) is 93.8 cm³/mol. The Kier molecular flexibility index (Phi) is 6.54. The second kappa shape index (κ2) is 8.86. The predicted octanol–water partition coefficient (Wildman–Crippen LogP) is 3.48. The van der Waals surface area contributed by atoms with Crippen molar-refractivity contribution in [2.45, 2.75) is 32.9 Å². The van der Waals surface area contributed by atoms with Crippen LogP contribution in [0.3, 0.4) is 0 Å². The van der Waals surface area contributed by atoms with Crippen molar-refractivity contribution in [1.29, 1.82) is 0 Å². The van der Waals surface area contributed by atoms with Gasteiger partial charge < -0.3 is 15.4 Å². The molecule has 1 heterocycles. The van der Waals surface area contributed by atoms with Gasteiger partial charge >= 0.3 is 0 Å². The Morgan fingerprint density at radius 3 is 2.79 bits per heavy atom. The fourth-order valence-corrected chi connectivity index (χ4v) is 1.94. The van der Waals surface area contributed by atoms with Gasteiger partial charge in [-0.3, -0.25) is 4.99 Å². The molecule has 0 saturated heterocycles. The normalized spacial score (nSPS) is 12.6. The fourth-order valence-electron chi connectivity index (χ4n) is 1.94. The molecule has 1 aromatic heterocycles. The Morgan fingerprint density at radius 1 is 1.33 bits per heavy atom. The van der Waals surface area contributed by atoms with E-state index in [-0.39, 0.29) is 5.82 Å². The molecule has 0 spiro atoms. The monoisotopic (exact) mass is 330 g/mol. The number of nitrogens with zero attached hydrogens (tertiary/aromatic N) is 2. The molecule has 0 aliphatic rings. The minimum absolute atomic E-state index is 0.339. The first-order chi connectivity index (χ1) is 11.6. The van der Waals surface area contributed by atoms with Crippen LogP contribution in [0.5, 0.6) is 11.6 Å². The molecule has 0 amide bonds. The summed E-state index contributed by atoms with van der Waals surface area (Å²) in [5, 5.41) is 6.53. The van der Waals surface area contributed by atoms with E-state index in [0.29, 0.717) is 24.2 Å². The minimum Gasteiger partial charge on any atom is -0.439 e. The van der Waals surface area contributed by atoms with Crippen LogP contribution in [0.1, 0.15) is 25.8 Å². The molecule has 1 atom stereocenters. The Labute approximate surface area is 142 Å². The lowest BCUT2D eigenvalue weighted by atomic mass is 10.2. The van der Waals surface area contributed by atoms with Crippen molar-refractivity contribution in [3.05, 3.63) is 54.0 Å². The fraction of sp³-hybridized carbons (Fsp3) is 0.333. The number of pyridine rings is 1. The number of rotatable bonds is 6. The number of hydrogen-bond donors (Lipinski definition) is 2. The SMILES string of the molecule is CCC(C)NC(=NC)NCc1ccc(Oc2cccc(F)c2)nc1. The van der Waals surface area contributed by atoms with Gasteiger partial charge in [-0.15, -0.1) is 0 Å². The molecule has 24 heavy (non-hydrogen) atoms. The average molecular weight is 330 g/mol. The summed E-state index contributed by atoms with van der Waals surface area (Å²) in [7, 11) is 1.74. The Bertz CT molecular complexity index is 673. The van der Waals surface area contributed by atoms with Crippen molar-refractivity contribution in [3.63, 3.8) is 0 Å². The smallest absolute Gasteiger partial charge is 0.219 e. The summed E-state index contributed by atoms with van der Waals surface area (Å²) in [4.78, 5) is 8.43. The lowest BCUT2D eigenvalue weighted by Gasteiger charge is -2.16. The molecule has 2 rings (SSSR count). The molecular weight excluding hydrogens is 307 g/mol. The first kappa shape index (κ1) is 17.7. The number of hydrogen-bond acceptors (Lipinski definition) is 3. The van der Waals surface area contributed by atoms with Gasteiger partial charge in [0.15, 0.2) is 5.96 Å². The molecule has 128 valence electrons. The highest BCUT2D eigenvalue weighted by molar-refractivity contribution is 5.79. The zero-order valence-corrected chi connectivity index (χ0v) is 14.2. The van der Waals surface area contributed by atoms with Gasteiger partial charge in [-0.05, 0) is 31.0 Å². The first-order valence-corrected chi connectivity index (χ1v) is 7.96. The molecular formula is C18H23FN4O. The molecule has 0 saturated carbocycles. The maximum atomic E-state index is 13.1. The van der Waals surface area contributed by atoms with Crippen LogP contribution in [-0.2, 0) is 6.54 Å². The van der Waals surface area contributed by atoms with Crippen molar-refractivity contribution >= 4 is 5.96 Å². The molecule has 0 aliphatic heterocycles. The van der Waals surface area contributed by atoms with E-state index in [1.807, 2.05) is 6.07 Å². The molecule has 0 bridgehead atoms. The van der Waals surface area contributed by atoms with E-state index >= 15 is 0 Å². The van der Waals surface area contributed by atoms with Crippen LogP contribution in [0.25, 0.3) is 0 Å². The molecule has 0 radical (unpaired) electrons. The number of benzene rings is 1.